The molecule has 0 saturated carbocycles. The molecule has 0 fully saturated rings. The molecule has 0 aromatic rings. The number of rotatable bonds is 3. The van der Waals surface area contributed by atoms with Gasteiger partial charge < -0.3 is 4.74 Å². The SMILES string of the molecule is CNS(=O)(=O)NC(=O)OC(C)C. The normalized spacial score (nSPS) is 11.3. The monoisotopic (exact) mass is 196 g/mol. The minimum atomic E-state index is -3.74. The van der Waals surface area contributed by atoms with Crippen molar-refractivity contribution in [2.24, 2.45) is 0 Å². The maximum absolute atomic E-state index is 10.7. The lowest BCUT2D eigenvalue weighted by atomic mass is 10.5. The maximum atomic E-state index is 10.7. The van der Waals surface area contributed by atoms with Crippen molar-refractivity contribution in [2.45, 2.75) is 20.0 Å². The predicted octanol–water partition coefficient (Wildman–Crippen LogP) is -0.415. The summed E-state index contributed by atoms with van der Waals surface area (Å²) in [4.78, 5) is 10.7. The Labute approximate surface area is 71.5 Å². The lowest BCUT2D eigenvalue weighted by Crippen LogP contribution is -2.39. The van der Waals surface area contributed by atoms with Crippen molar-refractivity contribution in [1.29, 1.82) is 0 Å². The van der Waals surface area contributed by atoms with E-state index in [4.69, 9.17) is 0 Å². The molecule has 0 unspecified atom stereocenters. The number of hydrogen-bond donors (Lipinski definition) is 2. The van der Waals surface area contributed by atoms with Crippen LogP contribution in [0.2, 0.25) is 0 Å². The lowest BCUT2D eigenvalue weighted by Gasteiger charge is -2.08. The Morgan fingerprint density at radius 2 is 1.92 bits per heavy atom. The van der Waals surface area contributed by atoms with Crippen molar-refractivity contribution in [1.82, 2.24) is 9.44 Å². The first-order valence-electron chi connectivity index (χ1n) is 3.29. The van der Waals surface area contributed by atoms with E-state index in [9.17, 15) is 13.2 Å². The Balaban J connectivity index is 4.02. The zero-order valence-electron chi connectivity index (χ0n) is 7.12. The highest BCUT2D eigenvalue weighted by molar-refractivity contribution is 7.88. The molecule has 6 nitrogen and oxygen atoms in total. The zero-order chi connectivity index (χ0) is 9.78. The first-order valence-corrected chi connectivity index (χ1v) is 4.77. The van der Waals surface area contributed by atoms with Gasteiger partial charge in [-0.1, -0.05) is 0 Å². The maximum Gasteiger partial charge on any atom is 0.422 e. The first-order chi connectivity index (χ1) is 5.37. The van der Waals surface area contributed by atoms with Crippen molar-refractivity contribution in [2.75, 3.05) is 7.05 Å². The number of ether oxygens (including phenoxy) is 1. The van der Waals surface area contributed by atoms with Crippen LogP contribution < -0.4 is 9.44 Å². The van der Waals surface area contributed by atoms with Gasteiger partial charge in [-0.3, -0.25) is 0 Å². The van der Waals surface area contributed by atoms with Gasteiger partial charge in [-0.2, -0.15) is 8.42 Å². The van der Waals surface area contributed by atoms with Crippen LogP contribution in [0, 0.1) is 0 Å². The van der Waals surface area contributed by atoms with Crippen LogP contribution in [-0.4, -0.2) is 27.7 Å². The van der Waals surface area contributed by atoms with Crippen LogP contribution in [0.25, 0.3) is 0 Å². The van der Waals surface area contributed by atoms with Gasteiger partial charge in [0, 0.05) is 7.05 Å². The molecule has 0 aliphatic heterocycles. The molecular formula is C5H12N2O4S. The molecule has 72 valence electrons. The summed E-state index contributed by atoms with van der Waals surface area (Å²) < 4.78 is 29.4. The molecule has 0 rings (SSSR count). The van der Waals surface area contributed by atoms with Gasteiger partial charge in [0.25, 0.3) is 0 Å². The Bertz CT molecular complexity index is 246. The molecule has 0 aromatic carbocycles. The summed E-state index contributed by atoms with van der Waals surface area (Å²) in [6.07, 6.45) is -1.34. The van der Waals surface area contributed by atoms with Gasteiger partial charge >= 0.3 is 16.3 Å². The van der Waals surface area contributed by atoms with Crippen LogP contribution >= 0.6 is 0 Å². The highest BCUT2D eigenvalue weighted by atomic mass is 32.2. The third-order valence-corrected chi connectivity index (χ3v) is 1.80. The second-order valence-electron chi connectivity index (χ2n) is 2.26. The fraction of sp³-hybridized carbons (Fsp3) is 0.800. The summed E-state index contributed by atoms with van der Waals surface area (Å²) in [5.74, 6) is 0. The second kappa shape index (κ2) is 4.27. The lowest BCUT2D eigenvalue weighted by molar-refractivity contribution is 0.121. The van der Waals surface area contributed by atoms with Gasteiger partial charge in [0.05, 0.1) is 6.10 Å². The standard InChI is InChI=1S/C5H12N2O4S/c1-4(2)11-5(8)7-12(9,10)6-3/h4,6H,1-3H3,(H,7,8). The average molecular weight is 196 g/mol. The minimum absolute atomic E-state index is 0.350. The molecule has 0 radical (unpaired) electrons. The molecule has 2 N–H and O–H groups in total. The Morgan fingerprint density at radius 3 is 2.25 bits per heavy atom. The molecule has 0 aliphatic rings. The summed E-state index contributed by atoms with van der Waals surface area (Å²) in [5, 5.41) is 0. The molecular weight excluding hydrogens is 184 g/mol. The summed E-state index contributed by atoms with van der Waals surface area (Å²) in [6, 6.07) is 0. The molecule has 1 amide bonds. The summed E-state index contributed by atoms with van der Waals surface area (Å²) in [5.41, 5.74) is 0. The minimum Gasteiger partial charge on any atom is -0.446 e. The number of nitrogens with one attached hydrogen (secondary N) is 2. The number of amides is 1. The Morgan fingerprint density at radius 1 is 1.42 bits per heavy atom. The van der Waals surface area contributed by atoms with E-state index >= 15 is 0 Å². The van der Waals surface area contributed by atoms with Crippen LogP contribution in [0.4, 0.5) is 4.79 Å². The molecule has 0 atom stereocenters. The van der Waals surface area contributed by atoms with Crippen molar-refractivity contribution in [3.8, 4) is 0 Å². The Kier molecular flexibility index (Phi) is 3.98. The molecule has 0 aliphatic carbocycles. The van der Waals surface area contributed by atoms with Gasteiger partial charge in [0.2, 0.25) is 0 Å². The first kappa shape index (κ1) is 11.2. The highest BCUT2D eigenvalue weighted by Gasteiger charge is 2.13. The molecule has 0 spiro atoms. The number of carbonyl (C=O) groups is 1. The van der Waals surface area contributed by atoms with E-state index in [1.807, 2.05) is 4.72 Å². The molecule has 0 saturated heterocycles. The summed E-state index contributed by atoms with van der Waals surface area (Å²) in [6.45, 7) is 3.23. The molecule has 0 heterocycles. The van der Waals surface area contributed by atoms with Crippen LogP contribution in [0.15, 0.2) is 0 Å². The van der Waals surface area contributed by atoms with E-state index in [0.29, 0.717) is 0 Å². The Hall–Kier alpha value is -0.820. The third-order valence-electron chi connectivity index (χ3n) is 0.829. The van der Waals surface area contributed by atoms with E-state index in [-0.39, 0.29) is 6.10 Å². The smallest absolute Gasteiger partial charge is 0.422 e. The molecule has 0 aromatic heterocycles. The van der Waals surface area contributed by atoms with Gasteiger partial charge in [0.1, 0.15) is 0 Å². The van der Waals surface area contributed by atoms with Gasteiger partial charge in [-0.25, -0.2) is 14.2 Å². The second-order valence-corrected chi connectivity index (χ2v) is 3.88. The molecule has 7 heteroatoms. The number of hydrogen-bond acceptors (Lipinski definition) is 4. The summed E-state index contributed by atoms with van der Waals surface area (Å²) >= 11 is 0. The summed E-state index contributed by atoms with van der Waals surface area (Å²) in [7, 11) is -2.55. The quantitative estimate of drug-likeness (QED) is 0.642. The van der Waals surface area contributed by atoms with Crippen LogP contribution in [0.3, 0.4) is 0 Å². The van der Waals surface area contributed by atoms with E-state index in [1.165, 1.54) is 7.05 Å². The highest BCUT2D eigenvalue weighted by Crippen LogP contribution is 1.88. The zero-order valence-corrected chi connectivity index (χ0v) is 7.94. The molecule has 0 bridgehead atoms. The molecule has 12 heavy (non-hydrogen) atoms. The predicted molar refractivity (Wildman–Crippen MR) is 42.7 cm³/mol. The largest absolute Gasteiger partial charge is 0.446 e. The van der Waals surface area contributed by atoms with Crippen LogP contribution in [0.1, 0.15) is 13.8 Å². The van der Waals surface area contributed by atoms with E-state index in [2.05, 4.69) is 4.74 Å². The fourth-order valence-electron chi connectivity index (χ4n) is 0.399. The van der Waals surface area contributed by atoms with Gasteiger partial charge in [-0.15, -0.1) is 0 Å². The van der Waals surface area contributed by atoms with Crippen molar-refractivity contribution in [3.05, 3.63) is 0 Å². The topological polar surface area (TPSA) is 84.5 Å². The average Bonchev–Trinajstić information content (AvgIpc) is 1.84. The van der Waals surface area contributed by atoms with Crippen LogP contribution in [0.5, 0.6) is 0 Å². The van der Waals surface area contributed by atoms with E-state index < -0.39 is 16.3 Å². The van der Waals surface area contributed by atoms with Crippen molar-refractivity contribution < 1.29 is 17.9 Å². The fourth-order valence-corrected chi connectivity index (χ4v) is 0.768. The van der Waals surface area contributed by atoms with Crippen molar-refractivity contribution >= 4 is 16.3 Å². The number of carbonyl (C=O) groups excluding carboxylic acids is 1. The van der Waals surface area contributed by atoms with Gasteiger partial charge in [-0.05, 0) is 13.8 Å². The van der Waals surface area contributed by atoms with E-state index in [1.54, 1.807) is 18.6 Å². The van der Waals surface area contributed by atoms with E-state index in [0.717, 1.165) is 0 Å². The van der Waals surface area contributed by atoms with Crippen molar-refractivity contribution in [3.63, 3.8) is 0 Å². The third kappa shape index (κ3) is 4.91. The van der Waals surface area contributed by atoms with Gasteiger partial charge in [0.15, 0.2) is 0 Å². The van der Waals surface area contributed by atoms with Crippen LogP contribution in [-0.2, 0) is 14.9 Å².